The van der Waals surface area contributed by atoms with Crippen LogP contribution in [0.25, 0.3) is 0 Å². The van der Waals surface area contributed by atoms with Crippen molar-refractivity contribution >= 4 is 5.69 Å². The number of para-hydroxylation sites is 1. The standard InChI is InChI=1S/C10H16N2O/c1-7-4-3-5-8(9(7)11)10(2,12)6-13/h3-5,13H,6,11-12H2,1-2H3. The largest absolute Gasteiger partial charge is 0.398 e. The summed E-state index contributed by atoms with van der Waals surface area (Å²) in [6.45, 7) is 3.57. The van der Waals surface area contributed by atoms with Crippen molar-refractivity contribution in [3.05, 3.63) is 29.3 Å². The van der Waals surface area contributed by atoms with E-state index in [-0.39, 0.29) is 6.61 Å². The highest BCUT2D eigenvalue weighted by Crippen LogP contribution is 2.25. The van der Waals surface area contributed by atoms with E-state index < -0.39 is 5.54 Å². The normalized spacial score (nSPS) is 15.4. The molecule has 5 N–H and O–H groups in total. The van der Waals surface area contributed by atoms with Gasteiger partial charge in [0, 0.05) is 5.69 Å². The summed E-state index contributed by atoms with van der Waals surface area (Å²) < 4.78 is 0. The van der Waals surface area contributed by atoms with Gasteiger partial charge in [-0.1, -0.05) is 18.2 Å². The van der Waals surface area contributed by atoms with Crippen LogP contribution in [0.4, 0.5) is 5.69 Å². The fourth-order valence-electron chi connectivity index (χ4n) is 1.26. The number of aliphatic hydroxyl groups excluding tert-OH is 1. The fourth-order valence-corrected chi connectivity index (χ4v) is 1.26. The highest BCUT2D eigenvalue weighted by atomic mass is 16.3. The molecule has 1 rings (SSSR count). The van der Waals surface area contributed by atoms with E-state index in [4.69, 9.17) is 16.6 Å². The fraction of sp³-hybridized carbons (Fsp3) is 0.400. The van der Waals surface area contributed by atoms with E-state index in [1.165, 1.54) is 0 Å². The van der Waals surface area contributed by atoms with Crippen LogP contribution >= 0.6 is 0 Å². The lowest BCUT2D eigenvalue weighted by Crippen LogP contribution is -2.37. The first-order valence-electron chi connectivity index (χ1n) is 4.24. The summed E-state index contributed by atoms with van der Waals surface area (Å²) in [6.07, 6.45) is 0. The number of hydrogen-bond acceptors (Lipinski definition) is 3. The average molecular weight is 180 g/mol. The van der Waals surface area contributed by atoms with Crippen molar-refractivity contribution in [3.63, 3.8) is 0 Å². The second-order valence-corrected chi connectivity index (χ2v) is 3.61. The molecule has 0 aliphatic heterocycles. The second-order valence-electron chi connectivity index (χ2n) is 3.61. The van der Waals surface area contributed by atoms with Crippen LogP contribution in [0.15, 0.2) is 18.2 Å². The molecule has 1 aromatic rings. The monoisotopic (exact) mass is 180 g/mol. The van der Waals surface area contributed by atoms with Crippen LogP contribution in [0, 0.1) is 6.92 Å². The van der Waals surface area contributed by atoms with E-state index in [0.717, 1.165) is 11.1 Å². The maximum absolute atomic E-state index is 9.08. The van der Waals surface area contributed by atoms with Gasteiger partial charge in [0.05, 0.1) is 12.1 Å². The lowest BCUT2D eigenvalue weighted by atomic mass is 9.91. The summed E-state index contributed by atoms with van der Waals surface area (Å²) in [5.41, 5.74) is 13.4. The van der Waals surface area contributed by atoms with Crippen molar-refractivity contribution in [1.29, 1.82) is 0 Å². The van der Waals surface area contributed by atoms with Crippen molar-refractivity contribution in [2.45, 2.75) is 19.4 Å². The zero-order valence-corrected chi connectivity index (χ0v) is 8.04. The molecule has 0 amide bonds. The molecule has 3 heteroatoms. The molecule has 0 aromatic heterocycles. The lowest BCUT2D eigenvalue weighted by molar-refractivity contribution is 0.210. The van der Waals surface area contributed by atoms with E-state index in [0.29, 0.717) is 5.69 Å². The zero-order chi connectivity index (χ0) is 10.1. The zero-order valence-electron chi connectivity index (χ0n) is 8.04. The number of rotatable bonds is 2. The summed E-state index contributed by atoms with van der Waals surface area (Å²) >= 11 is 0. The molecule has 0 aliphatic carbocycles. The first kappa shape index (κ1) is 10.0. The summed E-state index contributed by atoms with van der Waals surface area (Å²) in [4.78, 5) is 0. The summed E-state index contributed by atoms with van der Waals surface area (Å²) in [5, 5.41) is 9.08. The molecule has 0 radical (unpaired) electrons. The molecule has 0 saturated carbocycles. The molecular weight excluding hydrogens is 164 g/mol. The second kappa shape index (κ2) is 3.36. The number of anilines is 1. The molecule has 0 spiro atoms. The van der Waals surface area contributed by atoms with Gasteiger partial charge >= 0.3 is 0 Å². The van der Waals surface area contributed by atoms with E-state index >= 15 is 0 Å². The Balaban J connectivity index is 3.22. The third-order valence-electron chi connectivity index (χ3n) is 2.27. The number of nitrogen functional groups attached to an aromatic ring is 1. The van der Waals surface area contributed by atoms with Crippen molar-refractivity contribution in [3.8, 4) is 0 Å². The predicted octanol–water partition coefficient (Wildman–Crippen LogP) is 0.743. The maximum atomic E-state index is 9.08. The Morgan fingerprint density at radius 2 is 2.08 bits per heavy atom. The molecule has 1 atom stereocenters. The number of benzene rings is 1. The van der Waals surface area contributed by atoms with E-state index in [1.54, 1.807) is 6.92 Å². The van der Waals surface area contributed by atoms with Crippen LogP contribution in [0.3, 0.4) is 0 Å². The topological polar surface area (TPSA) is 72.3 Å². The lowest BCUT2D eigenvalue weighted by Gasteiger charge is -2.24. The number of nitrogens with two attached hydrogens (primary N) is 2. The van der Waals surface area contributed by atoms with Gasteiger partial charge in [0.25, 0.3) is 0 Å². The van der Waals surface area contributed by atoms with Gasteiger partial charge in [-0.15, -0.1) is 0 Å². The quantitative estimate of drug-likeness (QED) is 0.588. The molecule has 72 valence electrons. The predicted molar refractivity (Wildman–Crippen MR) is 54.2 cm³/mol. The molecule has 0 bridgehead atoms. The Morgan fingerprint density at radius 1 is 1.46 bits per heavy atom. The van der Waals surface area contributed by atoms with Gasteiger partial charge in [-0.25, -0.2) is 0 Å². The van der Waals surface area contributed by atoms with Gasteiger partial charge in [0.15, 0.2) is 0 Å². The third kappa shape index (κ3) is 1.82. The van der Waals surface area contributed by atoms with Gasteiger partial charge < -0.3 is 16.6 Å². The molecule has 1 unspecified atom stereocenters. The Kier molecular flexibility index (Phi) is 2.59. The molecule has 1 aromatic carbocycles. The molecule has 0 aliphatic rings. The molecule has 3 nitrogen and oxygen atoms in total. The average Bonchev–Trinajstić information content (AvgIpc) is 2.09. The minimum atomic E-state index is -0.754. The number of hydrogen-bond donors (Lipinski definition) is 3. The van der Waals surface area contributed by atoms with Crippen molar-refractivity contribution in [2.75, 3.05) is 12.3 Å². The Morgan fingerprint density at radius 3 is 2.62 bits per heavy atom. The van der Waals surface area contributed by atoms with Crippen molar-refractivity contribution < 1.29 is 5.11 Å². The summed E-state index contributed by atoms with van der Waals surface area (Å²) in [5.74, 6) is 0. The third-order valence-corrected chi connectivity index (χ3v) is 2.27. The Labute approximate surface area is 78.4 Å². The van der Waals surface area contributed by atoms with Gasteiger partial charge in [-0.3, -0.25) is 0 Å². The molecule has 13 heavy (non-hydrogen) atoms. The van der Waals surface area contributed by atoms with Gasteiger partial charge in [-0.05, 0) is 25.0 Å². The van der Waals surface area contributed by atoms with Crippen LogP contribution < -0.4 is 11.5 Å². The van der Waals surface area contributed by atoms with E-state index in [9.17, 15) is 0 Å². The van der Waals surface area contributed by atoms with Crippen LogP contribution in [-0.2, 0) is 5.54 Å². The number of aliphatic hydroxyl groups is 1. The SMILES string of the molecule is Cc1cccc(C(C)(N)CO)c1N. The van der Waals surface area contributed by atoms with Crippen LogP contribution in [0.2, 0.25) is 0 Å². The minimum absolute atomic E-state index is 0.110. The smallest absolute Gasteiger partial charge is 0.0651 e. The van der Waals surface area contributed by atoms with E-state index in [2.05, 4.69) is 0 Å². The van der Waals surface area contributed by atoms with Gasteiger partial charge in [-0.2, -0.15) is 0 Å². The Hall–Kier alpha value is -1.06. The van der Waals surface area contributed by atoms with Crippen molar-refractivity contribution in [2.24, 2.45) is 5.73 Å². The van der Waals surface area contributed by atoms with Crippen molar-refractivity contribution in [1.82, 2.24) is 0 Å². The van der Waals surface area contributed by atoms with Crippen LogP contribution in [0.1, 0.15) is 18.1 Å². The Bertz CT molecular complexity index is 308. The first-order valence-corrected chi connectivity index (χ1v) is 4.24. The summed E-state index contributed by atoms with van der Waals surface area (Å²) in [7, 11) is 0. The number of aryl methyl sites for hydroxylation is 1. The highest BCUT2D eigenvalue weighted by Gasteiger charge is 2.22. The van der Waals surface area contributed by atoms with Crippen LogP contribution in [-0.4, -0.2) is 11.7 Å². The minimum Gasteiger partial charge on any atom is -0.398 e. The highest BCUT2D eigenvalue weighted by molar-refractivity contribution is 5.55. The van der Waals surface area contributed by atoms with Crippen LogP contribution in [0.5, 0.6) is 0 Å². The van der Waals surface area contributed by atoms with E-state index in [1.807, 2.05) is 25.1 Å². The maximum Gasteiger partial charge on any atom is 0.0651 e. The molecule has 0 saturated heterocycles. The molecular formula is C10H16N2O. The van der Waals surface area contributed by atoms with Gasteiger partial charge in [0.2, 0.25) is 0 Å². The summed E-state index contributed by atoms with van der Waals surface area (Å²) in [6, 6.07) is 5.66. The van der Waals surface area contributed by atoms with Gasteiger partial charge in [0.1, 0.15) is 0 Å². The first-order chi connectivity index (χ1) is 5.99. The molecule has 0 heterocycles. The molecule has 0 fully saturated rings.